The monoisotopic (exact) mass is 426 g/mol. The van der Waals surface area contributed by atoms with Gasteiger partial charge in [0, 0.05) is 17.6 Å². The molecule has 2 rings (SSSR count). The van der Waals surface area contributed by atoms with Crippen LogP contribution in [0.3, 0.4) is 0 Å². The first-order chi connectivity index (χ1) is 12.0. The molecule has 138 valence electrons. The molecule has 0 bridgehead atoms. The predicted molar refractivity (Wildman–Crippen MR) is 109 cm³/mol. The van der Waals surface area contributed by atoms with Crippen LogP contribution in [0.4, 0.5) is 0 Å². The molecule has 4 nitrogen and oxygen atoms in total. The highest BCUT2D eigenvalue weighted by Gasteiger charge is 2.18. The molecule has 0 saturated carbocycles. The summed E-state index contributed by atoms with van der Waals surface area (Å²) in [5, 5.41) is 3.39. The molecule has 1 saturated heterocycles. The molecule has 1 aliphatic heterocycles. The fourth-order valence-corrected chi connectivity index (χ4v) is 3.36. The number of rotatable bonds is 5. The van der Waals surface area contributed by atoms with Crippen molar-refractivity contribution >= 4 is 39.2 Å². The van der Waals surface area contributed by atoms with Gasteiger partial charge in [-0.1, -0.05) is 42.6 Å². The molecule has 1 heterocycles. The Balaban J connectivity index is 2.03. The minimum Gasteiger partial charge on any atom is -0.493 e. The average molecular weight is 427 g/mol. The maximum Gasteiger partial charge on any atom is 0.261 e. The summed E-state index contributed by atoms with van der Waals surface area (Å²) < 4.78 is 6.67. The summed E-state index contributed by atoms with van der Waals surface area (Å²) in [5.41, 5.74) is 0.510. The molecule has 0 radical (unpaired) electrons. The number of thiocarbonyl (C=S) groups is 1. The fourth-order valence-electron chi connectivity index (χ4n) is 2.73. The molecule has 25 heavy (non-hydrogen) atoms. The first-order valence-electron chi connectivity index (χ1n) is 9.00. The molecule has 0 aliphatic carbocycles. The van der Waals surface area contributed by atoms with Gasteiger partial charge in [-0.25, -0.2) is 0 Å². The van der Waals surface area contributed by atoms with Gasteiger partial charge in [-0.05, 0) is 55.6 Å². The van der Waals surface area contributed by atoms with E-state index in [0.717, 1.165) is 36.8 Å². The molecule has 0 aromatic heterocycles. The third-order valence-electron chi connectivity index (χ3n) is 4.25. The van der Waals surface area contributed by atoms with Crippen LogP contribution in [-0.4, -0.2) is 35.6 Å². The van der Waals surface area contributed by atoms with E-state index in [1.54, 1.807) is 6.07 Å². The zero-order valence-corrected chi connectivity index (χ0v) is 17.4. The van der Waals surface area contributed by atoms with Crippen LogP contribution < -0.4 is 10.1 Å². The van der Waals surface area contributed by atoms with Gasteiger partial charge < -0.3 is 9.64 Å². The normalized spacial score (nSPS) is 15.0. The number of carbonyl (C=O) groups excluding carboxylic acids is 1. The average Bonchev–Trinajstić information content (AvgIpc) is 2.85. The summed E-state index contributed by atoms with van der Waals surface area (Å²) in [6, 6.07) is 5.49. The molecular weight excluding hydrogens is 400 g/mol. The lowest BCUT2D eigenvalue weighted by molar-refractivity contribution is 0.0969. The zero-order chi connectivity index (χ0) is 18.2. The molecule has 1 aliphatic rings. The molecule has 1 fully saturated rings. The van der Waals surface area contributed by atoms with Gasteiger partial charge in [-0.3, -0.25) is 10.1 Å². The zero-order valence-electron chi connectivity index (χ0n) is 15.0. The molecular formula is C19H27BrN2O2S. The molecule has 1 aromatic carbocycles. The van der Waals surface area contributed by atoms with Crippen molar-refractivity contribution in [3.8, 4) is 5.75 Å². The van der Waals surface area contributed by atoms with Crippen molar-refractivity contribution in [2.24, 2.45) is 5.92 Å². The maximum atomic E-state index is 12.7. The first kappa shape index (κ1) is 20.2. The quantitative estimate of drug-likeness (QED) is 0.688. The smallest absolute Gasteiger partial charge is 0.261 e. The lowest BCUT2D eigenvalue weighted by atomic mass is 10.1. The third kappa shape index (κ3) is 6.59. The Bertz CT molecular complexity index is 599. The summed E-state index contributed by atoms with van der Waals surface area (Å²) in [7, 11) is 0. The van der Waals surface area contributed by atoms with Crippen molar-refractivity contribution in [2.45, 2.75) is 46.0 Å². The standard InChI is InChI=1S/C19H27BrN2O2S/c1-14(2)9-12-24-17-8-7-15(20)13-16(17)18(23)21-19(25)22-10-5-3-4-6-11-22/h7-8,13-14H,3-6,9-12H2,1-2H3,(H,21,23,25). The molecule has 6 heteroatoms. The van der Waals surface area contributed by atoms with Crippen molar-refractivity contribution in [3.05, 3.63) is 28.2 Å². The minimum absolute atomic E-state index is 0.213. The Kier molecular flexibility index (Phi) is 8.16. The van der Waals surface area contributed by atoms with Gasteiger partial charge in [0.15, 0.2) is 5.11 Å². The summed E-state index contributed by atoms with van der Waals surface area (Å²) >= 11 is 8.88. The van der Waals surface area contributed by atoms with Gasteiger partial charge in [0.2, 0.25) is 0 Å². The van der Waals surface area contributed by atoms with Crippen molar-refractivity contribution in [3.63, 3.8) is 0 Å². The molecule has 0 atom stereocenters. The predicted octanol–water partition coefficient (Wildman–Crippen LogP) is 4.76. The summed E-state index contributed by atoms with van der Waals surface area (Å²) in [5.74, 6) is 0.943. The minimum atomic E-state index is -0.213. The summed E-state index contributed by atoms with van der Waals surface area (Å²) in [4.78, 5) is 14.8. The lowest BCUT2D eigenvalue weighted by Crippen LogP contribution is -2.43. The van der Waals surface area contributed by atoms with Crippen molar-refractivity contribution in [2.75, 3.05) is 19.7 Å². The van der Waals surface area contributed by atoms with E-state index >= 15 is 0 Å². The topological polar surface area (TPSA) is 41.6 Å². The lowest BCUT2D eigenvalue weighted by Gasteiger charge is -2.23. The number of ether oxygens (including phenoxy) is 1. The highest BCUT2D eigenvalue weighted by molar-refractivity contribution is 9.10. The number of amides is 1. The van der Waals surface area contributed by atoms with Crippen LogP contribution in [0.25, 0.3) is 0 Å². The number of benzene rings is 1. The van der Waals surface area contributed by atoms with E-state index in [-0.39, 0.29) is 5.91 Å². The van der Waals surface area contributed by atoms with E-state index in [1.165, 1.54) is 12.8 Å². The van der Waals surface area contributed by atoms with Gasteiger partial charge in [-0.15, -0.1) is 0 Å². The van der Waals surface area contributed by atoms with Gasteiger partial charge >= 0.3 is 0 Å². The summed E-state index contributed by atoms with van der Waals surface area (Å²) in [6.07, 6.45) is 5.65. The van der Waals surface area contributed by atoms with Gasteiger partial charge in [0.1, 0.15) is 5.75 Å². The molecule has 1 N–H and O–H groups in total. The number of nitrogens with one attached hydrogen (secondary N) is 1. The van der Waals surface area contributed by atoms with Crippen LogP contribution >= 0.6 is 28.1 Å². The second-order valence-electron chi connectivity index (χ2n) is 6.83. The van der Waals surface area contributed by atoms with Crippen molar-refractivity contribution in [1.82, 2.24) is 10.2 Å². The first-order valence-corrected chi connectivity index (χ1v) is 10.2. The Morgan fingerprint density at radius 2 is 1.96 bits per heavy atom. The van der Waals surface area contributed by atoms with Gasteiger partial charge in [0.05, 0.1) is 12.2 Å². The maximum absolute atomic E-state index is 12.7. The Hall–Kier alpha value is -1.14. The number of hydrogen-bond donors (Lipinski definition) is 1. The Morgan fingerprint density at radius 3 is 2.60 bits per heavy atom. The Morgan fingerprint density at radius 1 is 1.28 bits per heavy atom. The second kappa shape index (κ2) is 10.1. The largest absolute Gasteiger partial charge is 0.493 e. The van der Waals surface area contributed by atoms with Crippen molar-refractivity contribution < 1.29 is 9.53 Å². The van der Waals surface area contributed by atoms with E-state index in [2.05, 4.69) is 40.0 Å². The van der Waals surface area contributed by atoms with Crippen LogP contribution in [0.2, 0.25) is 0 Å². The van der Waals surface area contributed by atoms with E-state index in [1.807, 2.05) is 12.1 Å². The summed E-state index contributed by atoms with van der Waals surface area (Å²) in [6.45, 7) is 6.72. The van der Waals surface area contributed by atoms with E-state index in [0.29, 0.717) is 29.0 Å². The van der Waals surface area contributed by atoms with Crippen LogP contribution in [0, 0.1) is 5.92 Å². The number of halogens is 1. The van der Waals surface area contributed by atoms with E-state index < -0.39 is 0 Å². The van der Waals surface area contributed by atoms with Crippen LogP contribution in [0.1, 0.15) is 56.3 Å². The molecule has 1 aromatic rings. The third-order valence-corrected chi connectivity index (χ3v) is 5.11. The molecule has 0 spiro atoms. The van der Waals surface area contributed by atoms with Crippen LogP contribution in [-0.2, 0) is 0 Å². The number of likely N-dealkylation sites (tertiary alicyclic amines) is 1. The van der Waals surface area contributed by atoms with E-state index in [4.69, 9.17) is 17.0 Å². The SMILES string of the molecule is CC(C)CCOc1ccc(Br)cc1C(=O)NC(=S)N1CCCCCC1. The highest BCUT2D eigenvalue weighted by atomic mass is 79.9. The number of carbonyl (C=O) groups is 1. The molecule has 0 unspecified atom stereocenters. The Labute approximate surface area is 164 Å². The highest BCUT2D eigenvalue weighted by Crippen LogP contribution is 2.24. The van der Waals surface area contributed by atoms with Gasteiger partial charge in [-0.2, -0.15) is 0 Å². The van der Waals surface area contributed by atoms with Crippen LogP contribution in [0.5, 0.6) is 5.75 Å². The fraction of sp³-hybridized carbons (Fsp3) is 0.579. The second-order valence-corrected chi connectivity index (χ2v) is 8.13. The molecule has 1 amide bonds. The van der Waals surface area contributed by atoms with Crippen molar-refractivity contribution in [1.29, 1.82) is 0 Å². The number of hydrogen-bond acceptors (Lipinski definition) is 3. The van der Waals surface area contributed by atoms with Crippen LogP contribution in [0.15, 0.2) is 22.7 Å². The van der Waals surface area contributed by atoms with Gasteiger partial charge in [0.25, 0.3) is 5.91 Å². The van der Waals surface area contributed by atoms with E-state index in [9.17, 15) is 4.79 Å². The number of nitrogens with zero attached hydrogens (tertiary/aromatic N) is 1.